The largest absolute Gasteiger partial charge is 0.283 e. The topological polar surface area (TPSA) is 86.3 Å². The van der Waals surface area contributed by atoms with Gasteiger partial charge >= 0.3 is 0 Å². The second-order valence-electron chi connectivity index (χ2n) is 4.46. The van der Waals surface area contributed by atoms with E-state index in [0.717, 1.165) is 11.6 Å². The van der Waals surface area contributed by atoms with Crippen molar-refractivity contribution in [2.24, 2.45) is 0 Å². The quantitative estimate of drug-likeness (QED) is 0.482. The van der Waals surface area contributed by atoms with Gasteiger partial charge in [0, 0.05) is 5.56 Å². The summed E-state index contributed by atoms with van der Waals surface area (Å²) in [5.74, 6) is 0. The highest BCUT2D eigenvalue weighted by molar-refractivity contribution is 5.76. The second-order valence-corrected chi connectivity index (χ2v) is 4.46. The zero-order chi connectivity index (χ0) is 15.4. The Kier molecular flexibility index (Phi) is 4.08. The standard InChI is InChI=1S/C15H12N2O4/c1-11-9-13(8-7-12-5-3-2-4-6-12)15(17(20)21)10-14(11)16(18)19/h2-10H,1H3. The smallest absolute Gasteiger partial charge is 0.258 e. The van der Waals surface area contributed by atoms with Gasteiger partial charge in [0.05, 0.1) is 21.5 Å². The number of nitro groups is 2. The lowest BCUT2D eigenvalue weighted by Crippen LogP contribution is -1.97. The molecule has 0 aromatic heterocycles. The minimum absolute atomic E-state index is 0.251. The van der Waals surface area contributed by atoms with E-state index in [4.69, 9.17) is 0 Å². The average Bonchev–Trinajstić information content (AvgIpc) is 2.45. The van der Waals surface area contributed by atoms with E-state index in [0.29, 0.717) is 11.1 Å². The van der Waals surface area contributed by atoms with Crippen molar-refractivity contribution in [2.75, 3.05) is 0 Å². The van der Waals surface area contributed by atoms with Gasteiger partial charge in [-0.15, -0.1) is 0 Å². The Balaban J connectivity index is 2.48. The molecule has 21 heavy (non-hydrogen) atoms. The van der Waals surface area contributed by atoms with E-state index in [1.54, 1.807) is 19.1 Å². The number of hydrogen-bond donors (Lipinski definition) is 0. The minimum atomic E-state index is -0.618. The Morgan fingerprint density at radius 1 is 0.905 bits per heavy atom. The van der Waals surface area contributed by atoms with E-state index < -0.39 is 9.85 Å². The number of rotatable bonds is 4. The van der Waals surface area contributed by atoms with Crippen molar-refractivity contribution >= 4 is 23.5 Å². The predicted octanol–water partition coefficient (Wildman–Crippen LogP) is 3.98. The summed E-state index contributed by atoms with van der Waals surface area (Å²) in [4.78, 5) is 20.7. The van der Waals surface area contributed by atoms with Crippen molar-refractivity contribution in [3.8, 4) is 0 Å². The normalized spacial score (nSPS) is 10.7. The van der Waals surface area contributed by atoms with Crippen molar-refractivity contribution in [1.82, 2.24) is 0 Å². The lowest BCUT2D eigenvalue weighted by molar-refractivity contribution is -0.394. The molecule has 0 fully saturated rings. The molecular formula is C15H12N2O4. The summed E-state index contributed by atoms with van der Waals surface area (Å²) in [6.07, 6.45) is 3.32. The molecule has 6 heteroatoms. The van der Waals surface area contributed by atoms with Gasteiger partial charge in [0.1, 0.15) is 0 Å². The molecule has 0 radical (unpaired) electrons. The van der Waals surface area contributed by atoms with Crippen LogP contribution < -0.4 is 0 Å². The molecule has 0 aliphatic carbocycles. The van der Waals surface area contributed by atoms with E-state index in [1.807, 2.05) is 30.3 Å². The molecule has 0 N–H and O–H groups in total. The average molecular weight is 284 g/mol. The Bertz CT molecular complexity index is 724. The molecule has 0 aliphatic rings. The molecule has 0 heterocycles. The summed E-state index contributed by atoms with van der Waals surface area (Å²) in [6.45, 7) is 1.56. The molecule has 0 saturated heterocycles. The highest BCUT2D eigenvalue weighted by atomic mass is 16.6. The summed E-state index contributed by atoms with van der Waals surface area (Å²) >= 11 is 0. The van der Waals surface area contributed by atoms with Crippen LogP contribution in [0.1, 0.15) is 16.7 Å². The minimum Gasteiger partial charge on any atom is -0.258 e. The predicted molar refractivity (Wildman–Crippen MR) is 79.9 cm³/mol. The first kappa shape index (κ1) is 14.4. The molecule has 0 saturated carbocycles. The molecule has 0 bridgehead atoms. The van der Waals surface area contributed by atoms with Crippen LogP contribution in [0.2, 0.25) is 0 Å². The van der Waals surface area contributed by atoms with Gasteiger partial charge in [-0.3, -0.25) is 20.2 Å². The van der Waals surface area contributed by atoms with Crippen LogP contribution in [-0.4, -0.2) is 9.85 Å². The number of benzene rings is 2. The monoisotopic (exact) mass is 284 g/mol. The lowest BCUT2D eigenvalue weighted by atomic mass is 10.1. The van der Waals surface area contributed by atoms with Crippen LogP contribution in [0.5, 0.6) is 0 Å². The first-order valence-electron chi connectivity index (χ1n) is 6.15. The summed E-state index contributed by atoms with van der Waals surface area (Å²) in [7, 11) is 0. The van der Waals surface area contributed by atoms with Crippen LogP contribution in [-0.2, 0) is 0 Å². The van der Waals surface area contributed by atoms with Gasteiger partial charge in [-0.05, 0) is 24.6 Å². The van der Waals surface area contributed by atoms with E-state index in [-0.39, 0.29) is 11.4 Å². The van der Waals surface area contributed by atoms with Crippen LogP contribution in [0.4, 0.5) is 11.4 Å². The Morgan fingerprint density at radius 3 is 2.10 bits per heavy atom. The molecule has 2 aromatic carbocycles. The molecule has 0 spiro atoms. The maximum atomic E-state index is 11.1. The zero-order valence-corrected chi connectivity index (χ0v) is 11.2. The third-order valence-corrected chi connectivity index (χ3v) is 2.99. The first-order chi connectivity index (χ1) is 9.99. The van der Waals surface area contributed by atoms with E-state index >= 15 is 0 Å². The van der Waals surface area contributed by atoms with Crippen molar-refractivity contribution in [1.29, 1.82) is 0 Å². The number of aryl methyl sites for hydroxylation is 1. The summed E-state index contributed by atoms with van der Waals surface area (Å²) < 4.78 is 0. The van der Waals surface area contributed by atoms with Gasteiger partial charge < -0.3 is 0 Å². The van der Waals surface area contributed by atoms with Crippen molar-refractivity contribution in [3.63, 3.8) is 0 Å². The number of nitrogens with zero attached hydrogens (tertiary/aromatic N) is 2. The molecule has 106 valence electrons. The SMILES string of the molecule is Cc1cc(C=Cc2ccccc2)c([N+](=O)[O-])cc1[N+](=O)[O-]. The van der Waals surface area contributed by atoms with Crippen LogP contribution >= 0.6 is 0 Å². The van der Waals surface area contributed by atoms with Gasteiger partial charge in [0.15, 0.2) is 0 Å². The molecule has 6 nitrogen and oxygen atoms in total. The van der Waals surface area contributed by atoms with Crippen LogP contribution in [0.15, 0.2) is 42.5 Å². The lowest BCUT2D eigenvalue weighted by Gasteiger charge is -2.01. The van der Waals surface area contributed by atoms with Crippen LogP contribution in [0, 0.1) is 27.2 Å². The van der Waals surface area contributed by atoms with Crippen LogP contribution in [0.25, 0.3) is 12.2 Å². The van der Waals surface area contributed by atoms with E-state index in [9.17, 15) is 20.2 Å². The highest BCUT2D eigenvalue weighted by Crippen LogP contribution is 2.29. The third-order valence-electron chi connectivity index (χ3n) is 2.99. The van der Waals surface area contributed by atoms with Gasteiger partial charge in [0.2, 0.25) is 0 Å². The Morgan fingerprint density at radius 2 is 1.52 bits per heavy atom. The fraction of sp³-hybridized carbons (Fsp3) is 0.0667. The highest BCUT2D eigenvalue weighted by Gasteiger charge is 2.20. The van der Waals surface area contributed by atoms with Crippen molar-refractivity contribution < 1.29 is 9.85 Å². The second kappa shape index (κ2) is 5.96. The molecular weight excluding hydrogens is 272 g/mol. The molecule has 0 atom stereocenters. The fourth-order valence-corrected chi connectivity index (χ4v) is 1.95. The molecule has 2 rings (SSSR count). The molecule has 0 amide bonds. The third kappa shape index (κ3) is 3.30. The fourth-order valence-electron chi connectivity index (χ4n) is 1.95. The van der Waals surface area contributed by atoms with Gasteiger partial charge in [-0.2, -0.15) is 0 Å². The number of hydrogen-bond acceptors (Lipinski definition) is 4. The van der Waals surface area contributed by atoms with Crippen LogP contribution in [0.3, 0.4) is 0 Å². The first-order valence-corrected chi connectivity index (χ1v) is 6.15. The maximum absolute atomic E-state index is 11.1. The summed E-state index contributed by atoms with van der Waals surface area (Å²) in [5, 5.41) is 21.9. The van der Waals surface area contributed by atoms with Gasteiger partial charge in [-0.1, -0.05) is 36.4 Å². The number of nitro benzene ring substituents is 2. The van der Waals surface area contributed by atoms with Crippen molar-refractivity contribution in [2.45, 2.75) is 6.92 Å². The molecule has 0 unspecified atom stereocenters. The van der Waals surface area contributed by atoms with E-state index in [1.165, 1.54) is 6.07 Å². The summed E-state index contributed by atoms with van der Waals surface area (Å²) in [5.41, 5.74) is 1.09. The summed E-state index contributed by atoms with van der Waals surface area (Å²) in [6, 6.07) is 11.8. The van der Waals surface area contributed by atoms with Gasteiger partial charge in [-0.25, -0.2) is 0 Å². The Labute approximate surface area is 120 Å². The zero-order valence-electron chi connectivity index (χ0n) is 11.2. The van der Waals surface area contributed by atoms with Crippen molar-refractivity contribution in [3.05, 3.63) is 79.4 Å². The van der Waals surface area contributed by atoms with Gasteiger partial charge in [0.25, 0.3) is 11.4 Å². The molecule has 0 aliphatic heterocycles. The maximum Gasteiger partial charge on any atom is 0.283 e. The van der Waals surface area contributed by atoms with E-state index in [2.05, 4.69) is 0 Å². The Hall–Kier alpha value is -3.02. The molecule has 2 aromatic rings.